The number of carbonyl (C=O) groups excluding carboxylic acids is 1. The van der Waals surface area contributed by atoms with E-state index in [1.165, 1.54) is 12.1 Å². The quantitative estimate of drug-likeness (QED) is 0.738. The van der Waals surface area contributed by atoms with Gasteiger partial charge in [0, 0.05) is 10.5 Å². The molecule has 1 aliphatic rings. The molecule has 0 radical (unpaired) electrons. The number of rotatable bonds is 3. The van der Waals surface area contributed by atoms with E-state index in [4.69, 9.17) is 5.11 Å². The molecule has 0 saturated carbocycles. The molecule has 1 aromatic carbocycles. The van der Waals surface area contributed by atoms with Crippen LogP contribution in [0.4, 0.5) is 10.5 Å². The fourth-order valence-corrected chi connectivity index (χ4v) is 4.09. The molecular formula is C12H13BrN2O5S. The highest BCUT2D eigenvalue weighted by Crippen LogP contribution is 2.21. The smallest absolute Gasteiger partial charge is 0.337 e. The topological polar surface area (TPSA) is 113 Å². The average Bonchev–Trinajstić information content (AvgIpc) is 2.67. The summed E-state index contributed by atoms with van der Waals surface area (Å²) in [6.07, 6.45) is 0.361. The number of anilines is 1. The van der Waals surface area contributed by atoms with Gasteiger partial charge in [-0.05, 0) is 24.6 Å². The Morgan fingerprint density at radius 3 is 2.62 bits per heavy atom. The Kier molecular flexibility index (Phi) is 4.52. The van der Waals surface area contributed by atoms with Gasteiger partial charge in [0.15, 0.2) is 9.84 Å². The van der Waals surface area contributed by atoms with Crippen molar-refractivity contribution in [2.24, 2.45) is 0 Å². The highest BCUT2D eigenvalue weighted by atomic mass is 79.9. The number of benzene rings is 1. The van der Waals surface area contributed by atoms with Crippen LogP contribution in [0.3, 0.4) is 0 Å². The van der Waals surface area contributed by atoms with Crippen molar-refractivity contribution in [3.8, 4) is 0 Å². The molecule has 0 bridgehead atoms. The van der Waals surface area contributed by atoms with Crippen LogP contribution in [0, 0.1) is 0 Å². The number of nitrogens with one attached hydrogen (secondary N) is 2. The molecule has 1 aromatic rings. The van der Waals surface area contributed by atoms with Crippen molar-refractivity contribution in [2.45, 2.75) is 12.5 Å². The fraction of sp³-hybridized carbons (Fsp3) is 0.333. The van der Waals surface area contributed by atoms with Crippen molar-refractivity contribution in [1.29, 1.82) is 0 Å². The maximum atomic E-state index is 11.8. The van der Waals surface area contributed by atoms with Crippen molar-refractivity contribution in [3.05, 3.63) is 28.2 Å². The van der Waals surface area contributed by atoms with E-state index in [1.807, 2.05) is 0 Å². The molecular weight excluding hydrogens is 364 g/mol. The summed E-state index contributed by atoms with van der Waals surface area (Å²) in [5, 5.41) is 14.0. The summed E-state index contributed by atoms with van der Waals surface area (Å²) in [7, 11) is -3.09. The maximum Gasteiger partial charge on any atom is 0.337 e. The van der Waals surface area contributed by atoms with Crippen LogP contribution in [0.5, 0.6) is 0 Å². The first-order valence-corrected chi connectivity index (χ1v) is 8.69. The number of sulfone groups is 1. The number of amides is 2. The zero-order chi connectivity index (χ0) is 15.6. The molecule has 1 fully saturated rings. The van der Waals surface area contributed by atoms with Gasteiger partial charge in [0.1, 0.15) is 0 Å². The Balaban J connectivity index is 2.06. The fourth-order valence-electron chi connectivity index (χ4n) is 2.06. The van der Waals surface area contributed by atoms with Gasteiger partial charge in [0.25, 0.3) is 0 Å². The number of urea groups is 1. The Bertz CT molecular complexity index is 689. The van der Waals surface area contributed by atoms with E-state index in [-0.39, 0.29) is 22.8 Å². The van der Waals surface area contributed by atoms with Crippen LogP contribution >= 0.6 is 15.9 Å². The van der Waals surface area contributed by atoms with E-state index in [1.54, 1.807) is 6.07 Å². The average molecular weight is 377 g/mol. The zero-order valence-corrected chi connectivity index (χ0v) is 13.2. The van der Waals surface area contributed by atoms with E-state index >= 15 is 0 Å². The standard InChI is InChI=1S/C12H13BrN2O5S/c13-7-1-2-9(11(16)17)10(5-7)15-12(18)14-8-3-4-21(19,20)6-8/h1-2,5,8H,3-4,6H2,(H,16,17)(H2,14,15,18). The van der Waals surface area contributed by atoms with Gasteiger partial charge < -0.3 is 15.7 Å². The maximum absolute atomic E-state index is 11.8. The summed E-state index contributed by atoms with van der Waals surface area (Å²) in [5.41, 5.74) is 0.0858. The highest BCUT2D eigenvalue weighted by Gasteiger charge is 2.29. The van der Waals surface area contributed by atoms with Gasteiger partial charge >= 0.3 is 12.0 Å². The summed E-state index contributed by atoms with van der Waals surface area (Å²) in [4.78, 5) is 22.9. The lowest BCUT2D eigenvalue weighted by Gasteiger charge is -2.13. The van der Waals surface area contributed by atoms with Gasteiger partial charge in [-0.3, -0.25) is 0 Å². The van der Waals surface area contributed by atoms with Crippen LogP contribution in [0.25, 0.3) is 0 Å². The molecule has 1 saturated heterocycles. The molecule has 1 atom stereocenters. The Morgan fingerprint density at radius 1 is 1.33 bits per heavy atom. The Labute approximate surface area is 129 Å². The summed E-state index contributed by atoms with van der Waals surface area (Å²) in [6.45, 7) is 0. The molecule has 1 unspecified atom stereocenters. The molecule has 21 heavy (non-hydrogen) atoms. The van der Waals surface area contributed by atoms with Gasteiger partial charge in [-0.2, -0.15) is 0 Å². The van der Waals surface area contributed by atoms with Crippen molar-refractivity contribution < 1.29 is 23.1 Å². The van der Waals surface area contributed by atoms with Crippen LogP contribution in [-0.2, 0) is 9.84 Å². The molecule has 1 heterocycles. The van der Waals surface area contributed by atoms with E-state index in [0.29, 0.717) is 10.9 Å². The number of carboxylic acid groups (broad SMARTS) is 1. The third-order valence-corrected chi connectivity index (χ3v) is 5.29. The summed E-state index contributed by atoms with van der Waals surface area (Å²) in [6, 6.07) is 3.31. The van der Waals surface area contributed by atoms with Gasteiger partial charge in [0.05, 0.1) is 22.8 Å². The number of halogens is 1. The minimum Gasteiger partial charge on any atom is -0.478 e. The number of hydrogen-bond donors (Lipinski definition) is 3. The van der Waals surface area contributed by atoms with Crippen molar-refractivity contribution in [1.82, 2.24) is 5.32 Å². The van der Waals surface area contributed by atoms with Gasteiger partial charge in [-0.15, -0.1) is 0 Å². The van der Waals surface area contributed by atoms with Crippen molar-refractivity contribution in [3.63, 3.8) is 0 Å². The third-order valence-electron chi connectivity index (χ3n) is 3.03. The highest BCUT2D eigenvalue weighted by molar-refractivity contribution is 9.10. The van der Waals surface area contributed by atoms with Crippen LogP contribution in [0.2, 0.25) is 0 Å². The minimum absolute atomic E-state index is 0.0487. The molecule has 9 heteroatoms. The van der Waals surface area contributed by atoms with Crippen LogP contribution in [-0.4, -0.2) is 43.1 Å². The first-order chi connectivity index (χ1) is 9.77. The van der Waals surface area contributed by atoms with Crippen molar-refractivity contribution >= 4 is 43.5 Å². The second-order valence-corrected chi connectivity index (χ2v) is 7.84. The zero-order valence-electron chi connectivity index (χ0n) is 10.8. The molecule has 114 valence electrons. The van der Waals surface area contributed by atoms with Crippen LogP contribution < -0.4 is 10.6 Å². The molecule has 0 spiro atoms. The van der Waals surface area contributed by atoms with E-state index in [2.05, 4.69) is 26.6 Å². The molecule has 2 rings (SSSR count). The van der Waals surface area contributed by atoms with Crippen LogP contribution in [0.1, 0.15) is 16.8 Å². The summed E-state index contributed by atoms with van der Waals surface area (Å²) >= 11 is 3.19. The first-order valence-electron chi connectivity index (χ1n) is 6.07. The normalized spacial score (nSPS) is 20.0. The second-order valence-electron chi connectivity index (χ2n) is 4.69. The lowest BCUT2D eigenvalue weighted by atomic mass is 10.2. The largest absolute Gasteiger partial charge is 0.478 e. The lowest BCUT2D eigenvalue weighted by Crippen LogP contribution is -2.38. The Hall–Kier alpha value is -1.61. The number of carboxylic acids is 1. The third kappa shape index (κ3) is 4.18. The van der Waals surface area contributed by atoms with Crippen LogP contribution in [0.15, 0.2) is 22.7 Å². The molecule has 0 aromatic heterocycles. The second kappa shape index (κ2) is 6.02. The predicted molar refractivity (Wildman–Crippen MR) is 80.3 cm³/mol. The van der Waals surface area contributed by atoms with Crippen molar-refractivity contribution in [2.75, 3.05) is 16.8 Å². The predicted octanol–water partition coefficient (Wildman–Crippen LogP) is 1.46. The first kappa shape index (κ1) is 15.8. The molecule has 2 amide bonds. The lowest BCUT2D eigenvalue weighted by molar-refractivity contribution is 0.0698. The molecule has 1 aliphatic heterocycles. The number of hydrogen-bond acceptors (Lipinski definition) is 4. The number of carbonyl (C=O) groups is 2. The SMILES string of the molecule is O=C(Nc1cc(Br)ccc1C(=O)O)NC1CCS(=O)(=O)C1. The van der Waals surface area contributed by atoms with Gasteiger partial charge in [-0.1, -0.05) is 15.9 Å². The molecule has 0 aliphatic carbocycles. The summed E-state index contributed by atoms with van der Waals surface area (Å²) in [5.74, 6) is -1.21. The van der Waals surface area contributed by atoms with E-state index in [9.17, 15) is 18.0 Å². The number of aromatic carboxylic acids is 1. The van der Waals surface area contributed by atoms with E-state index in [0.717, 1.165) is 0 Å². The molecule has 3 N–H and O–H groups in total. The summed E-state index contributed by atoms with van der Waals surface area (Å²) < 4.78 is 23.2. The monoisotopic (exact) mass is 376 g/mol. The van der Waals surface area contributed by atoms with E-state index < -0.39 is 27.9 Å². The van der Waals surface area contributed by atoms with Gasteiger partial charge in [-0.25, -0.2) is 18.0 Å². The minimum atomic E-state index is -3.09. The Morgan fingerprint density at radius 2 is 2.05 bits per heavy atom. The van der Waals surface area contributed by atoms with Gasteiger partial charge in [0.2, 0.25) is 0 Å². The molecule has 7 nitrogen and oxygen atoms in total.